The van der Waals surface area contributed by atoms with Crippen LogP contribution in [-0.4, -0.2) is 58.4 Å². The van der Waals surface area contributed by atoms with Crippen LogP contribution in [0, 0.1) is 12.3 Å². The van der Waals surface area contributed by atoms with Gasteiger partial charge in [-0.1, -0.05) is 48.0 Å². The molecule has 2 aromatic rings. The molecule has 1 saturated heterocycles. The number of benzene rings is 2. The van der Waals surface area contributed by atoms with Crippen molar-refractivity contribution in [1.29, 1.82) is 0 Å². The van der Waals surface area contributed by atoms with E-state index in [4.69, 9.17) is 15.9 Å². The molecule has 0 saturated carbocycles. The summed E-state index contributed by atoms with van der Waals surface area (Å²) < 4.78 is 11.1. The molecule has 0 amide bonds. The van der Waals surface area contributed by atoms with E-state index in [-0.39, 0.29) is 13.2 Å². The lowest BCUT2D eigenvalue weighted by Gasteiger charge is -2.41. The fourth-order valence-electron chi connectivity index (χ4n) is 2.87. The number of terminal acetylenes is 1. The first kappa shape index (κ1) is 18.2. The van der Waals surface area contributed by atoms with Gasteiger partial charge in [0, 0.05) is 4.90 Å². The van der Waals surface area contributed by atoms with E-state index in [2.05, 4.69) is 5.92 Å². The van der Waals surface area contributed by atoms with Gasteiger partial charge in [-0.3, -0.25) is 0 Å². The molecule has 0 aliphatic carbocycles. The molecule has 0 radical (unpaired) electrons. The highest BCUT2D eigenvalue weighted by Gasteiger charge is 2.45. The SMILES string of the molecule is C#CCO[C@H]1[C@@H](O)[C@@H](CO)O[C@@H](Sc2ccc3ccccc3c2)[C@@H]1O. The second-order valence-electron chi connectivity index (χ2n) is 5.81. The Bertz CT molecular complexity index is 759. The van der Waals surface area contributed by atoms with E-state index in [0.717, 1.165) is 15.7 Å². The van der Waals surface area contributed by atoms with E-state index in [9.17, 15) is 15.3 Å². The molecular formula is C19H20O5S. The summed E-state index contributed by atoms with van der Waals surface area (Å²) in [5, 5.41) is 32.4. The normalized spacial score (nSPS) is 29.4. The molecule has 1 fully saturated rings. The second-order valence-corrected chi connectivity index (χ2v) is 6.98. The third kappa shape index (κ3) is 3.98. The van der Waals surface area contributed by atoms with E-state index < -0.39 is 29.9 Å². The van der Waals surface area contributed by atoms with Gasteiger partial charge in [0.2, 0.25) is 0 Å². The van der Waals surface area contributed by atoms with Crippen LogP contribution >= 0.6 is 11.8 Å². The topological polar surface area (TPSA) is 79.2 Å². The molecule has 0 aromatic heterocycles. The van der Waals surface area contributed by atoms with Crippen LogP contribution in [0.5, 0.6) is 0 Å². The van der Waals surface area contributed by atoms with E-state index in [0.29, 0.717) is 0 Å². The van der Waals surface area contributed by atoms with Crippen LogP contribution in [0.2, 0.25) is 0 Å². The van der Waals surface area contributed by atoms with Gasteiger partial charge in [0.05, 0.1) is 6.61 Å². The predicted octanol–water partition coefficient (Wildman–Crippen LogP) is 1.39. The van der Waals surface area contributed by atoms with Crippen LogP contribution in [0.3, 0.4) is 0 Å². The van der Waals surface area contributed by atoms with E-state index in [1.807, 2.05) is 42.5 Å². The lowest BCUT2D eigenvalue weighted by atomic mass is 10.00. The summed E-state index contributed by atoms with van der Waals surface area (Å²) in [6.45, 7) is -0.414. The quantitative estimate of drug-likeness (QED) is 0.700. The highest BCUT2D eigenvalue weighted by Crippen LogP contribution is 2.35. The Morgan fingerprint density at radius 1 is 1.12 bits per heavy atom. The highest BCUT2D eigenvalue weighted by atomic mass is 32.2. The molecule has 6 heteroatoms. The molecule has 1 aliphatic rings. The minimum absolute atomic E-state index is 0.0374. The Kier molecular flexibility index (Phi) is 5.97. The van der Waals surface area contributed by atoms with Crippen molar-refractivity contribution in [2.45, 2.75) is 34.7 Å². The number of fused-ring (bicyclic) bond motifs is 1. The van der Waals surface area contributed by atoms with Crippen LogP contribution in [0.15, 0.2) is 47.4 Å². The standard InChI is InChI=1S/C19H20O5S/c1-2-9-23-18-16(21)15(11-20)24-19(17(18)22)25-14-8-7-12-5-3-4-6-13(12)10-14/h1,3-8,10,15-22H,9,11H2/t15-,16+,17-,18+,19+/m1/s1. The molecule has 132 valence electrons. The van der Waals surface area contributed by atoms with E-state index in [1.54, 1.807) is 0 Å². The smallest absolute Gasteiger partial charge is 0.136 e. The molecule has 0 bridgehead atoms. The van der Waals surface area contributed by atoms with Crippen LogP contribution in [-0.2, 0) is 9.47 Å². The van der Waals surface area contributed by atoms with Gasteiger partial charge >= 0.3 is 0 Å². The summed E-state index contributed by atoms with van der Waals surface area (Å²) >= 11 is 1.32. The molecule has 3 rings (SSSR count). The molecule has 5 nitrogen and oxygen atoms in total. The van der Waals surface area contributed by atoms with Gasteiger partial charge in [-0.25, -0.2) is 0 Å². The van der Waals surface area contributed by atoms with Crippen LogP contribution in [0.25, 0.3) is 10.8 Å². The van der Waals surface area contributed by atoms with Crippen molar-refractivity contribution in [2.24, 2.45) is 0 Å². The Labute approximate surface area is 150 Å². The minimum atomic E-state index is -1.15. The largest absolute Gasteiger partial charge is 0.394 e. The van der Waals surface area contributed by atoms with Gasteiger partial charge < -0.3 is 24.8 Å². The number of hydrogen-bond donors (Lipinski definition) is 3. The third-order valence-corrected chi connectivity index (χ3v) is 5.30. The third-order valence-electron chi connectivity index (χ3n) is 4.15. The summed E-state index contributed by atoms with van der Waals surface area (Å²) in [4.78, 5) is 0.909. The summed E-state index contributed by atoms with van der Waals surface area (Å²) in [6, 6.07) is 13.9. The zero-order valence-corrected chi connectivity index (χ0v) is 14.3. The second kappa shape index (κ2) is 8.19. The first-order chi connectivity index (χ1) is 12.1. The summed E-state index contributed by atoms with van der Waals surface area (Å²) in [6.07, 6.45) is 1.20. The van der Waals surface area contributed by atoms with Gasteiger partial charge in [0.1, 0.15) is 36.5 Å². The van der Waals surface area contributed by atoms with Crippen molar-refractivity contribution in [3.8, 4) is 12.3 Å². The van der Waals surface area contributed by atoms with Gasteiger partial charge in [-0.15, -0.1) is 6.42 Å². The van der Waals surface area contributed by atoms with Gasteiger partial charge in [-0.2, -0.15) is 0 Å². The van der Waals surface area contributed by atoms with Crippen LogP contribution in [0.1, 0.15) is 0 Å². The molecule has 1 heterocycles. The molecule has 0 unspecified atom stereocenters. The lowest BCUT2D eigenvalue weighted by Crippen LogP contribution is -2.58. The zero-order chi connectivity index (χ0) is 17.8. The van der Waals surface area contributed by atoms with Crippen molar-refractivity contribution in [2.75, 3.05) is 13.2 Å². The van der Waals surface area contributed by atoms with Crippen LogP contribution in [0.4, 0.5) is 0 Å². The Morgan fingerprint density at radius 2 is 1.88 bits per heavy atom. The van der Waals surface area contributed by atoms with E-state index in [1.165, 1.54) is 11.8 Å². The molecule has 3 N–H and O–H groups in total. The Hall–Kier alpha value is -1.59. The lowest BCUT2D eigenvalue weighted by molar-refractivity contribution is -0.217. The molecule has 25 heavy (non-hydrogen) atoms. The predicted molar refractivity (Wildman–Crippen MR) is 96.1 cm³/mol. The number of ether oxygens (including phenoxy) is 2. The fraction of sp³-hybridized carbons (Fsp3) is 0.368. The van der Waals surface area contributed by atoms with Crippen molar-refractivity contribution in [3.63, 3.8) is 0 Å². The first-order valence-corrected chi connectivity index (χ1v) is 8.85. The van der Waals surface area contributed by atoms with Gasteiger partial charge in [-0.05, 0) is 22.9 Å². The number of rotatable bonds is 5. The van der Waals surface area contributed by atoms with Crippen LogP contribution < -0.4 is 0 Å². The number of aliphatic hydroxyl groups is 3. The highest BCUT2D eigenvalue weighted by molar-refractivity contribution is 7.99. The van der Waals surface area contributed by atoms with Crippen molar-refractivity contribution in [1.82, 2.24) is 0 Å². The maximum Gasteiger partial charge on any atom is 0.136 e. The van der Waals surface area contributed by atoms with Crippen molar-refractivity contribution < 1.29 is 24.8 Å². The van der Waals surface area contributed by atoms with Gasteiger partial charge in [0.25, 0.3) is 0 Å². The average molecular weight is 360 g/mol. The first-order valence-electron chi connectivity index (χ1n) is 7.97. The molecule has 0 spiro atoms. The molecule has 5 atom stereocenters. The zero-order valence-electron chi connectivity index (χ0n) is 13.5. The van der Waals surface area contributed by atoms with Crippen molar-refractivity contribution >= 4 is 22.5 Å². The summed E-state index contributed by atoms with van der Waals surface area (Å²) in [5.41, 5.74) is -0.690. The number of hydrogen-bond acceptors (Lipinski definition) is 6. The van der Waals surface area contributed by atoms with Gasteiger partial charge in [0.15, 0.2) is 0 Å². The summed E-state index contributed by atoms with van der Waals surface area (Å²) in [7, 11) is 0. The maximum atomic E-state index is 10.5. The minimum Gasteiger partial charge on any atom is -0.394 e. The van der Waals surface area contributed by atoms with E-state index >= 15 is 0 Å². The number of thioether (sulfide) groups is 1. The van der Waals surface area contributed by atoms with Crippen molar-refractivity contribution in [3.05, 3.63) is 42.5 Å². The average Bonchev–Trinajstić information content (AvgIpc) is 2.64. The monoisotopic (exact) mass is 360 g/mol. The maximum absolute atomic E-state index is 10.5. The molecular weight excluding hydrogens is 340 g/mol. The fourth-order valence-corrected chi connectivity index (χ4v) is 3.97. The Balaban J connectivity index is 1.80. The molecule has 1 aliphatic heterocycles. The molecule has 2 aromatic carbocycles. The number of aliphatic hydroxyl groups excluding tert-OH is 3. The Morgan fingerprint density at radius 3 is 2.60 bits per heavy atom. The summed E-state index contributed by atoms with van der Waals surface area (Å²) in [5.74, 6) is 2.32.